The van der Waals surface area contributed by atoms with E-state index in [9.17, 15) is 9.59 Å². The van der Waals surface area contributed by atoms with Crippen molar-refractivity contribution in [2.45, 2.75) is 6.61 Å². The molecule has 128 valence electrons. The molecule has 0 aliphatic rings. The topological polar surface area (TPSA) is 65.7 Å². The molecule has 7 heteroatoms. The van der Waals surface area contributed by atoms with Crippen LogP contribution in [0.3, 0.4) is 0 Å². The number of hydrogen-bond donors (Lipinski definition) is 0. The molecule has 5 nitrogen and oxygen atoms in total. The standard InChI is InChI=1S/C18H12BrClO5/c19-12-4-5-15-11(6-17(21)25-16(15)7-12)9-24-18(22)10-23-14-3-1-2-13(20)8-14/h1-8H,9-10H2. The van der Waals surface area contributed by atoms with Gasteiger partial charge in [0.15, 0.2) is 6.61 Å². The monoisotopic (exact) mass is 422 g/mol. The highest BCUT2D eigenvalue weighted by molar-refractivity contribution is 9.10. The number of ether oxygens (including phenoxy) is 2. The van der Waals surface area contributed by atoms with Gasteiger partial charge in [0.1, 0.15) is 17.9 Å². The van der Waals surface area contributed by atoms with Crippen LogP contribution in [0.25, 0.3) is 11.0 Å². The van der Waals surface area contributed by atoms with Crippen molar-refractivity contribution in [1.29, 1.82) is 0 Å². The van der Waals surface area contributed by atoms with E-state index in [0.717, 1.165) is 4.47 Å². The van der Waals surface area contributed by atoms with Crippen molar-refractivity contribution in [3.05, 3.63) is 74.0 Å². The normalized spacial score (nSPS) is 10.6. The predicted molar refractivity (Wildman–Crippen MR) is 96.9 cm³/mol. The molecule has 0 radical (unpaired) electrons. The Hall–Kier alpha value is -2.31. The molecular weight excluding hydrogens is 412 g/mol. The Bertz CT molecular complexity index is 983. The Morgan fingerprint density at radius 3 is 2.80 bits per heavy atom. The van der Waals surface area contributed by atoms with Crippen molar-refractivity contribution in [2.75, 3.05) is 6.61 Å². The van der Waals surface area contributed by atoms with Crippen molar-refractivity contribution in [3.63, 3.8) is 0 Å². The molecule has 0 bridgehead atoms. The molecular formula is C18H12BrClO5. The van der Waals surface area contributed by atoms with E-state index in [-0.39, 0.29) is 13.2 Å². The van der Waals surface area contributed by atoms with Crippen LogP contribution in [0.15, 0.2) is 62.2 Å². The van der Waals surface area contributed by atoms with Crippen LogP contribution in [0, 0.1) is 0 Å². The van der Waals surface area contributed by atoms with Crippen molar-refractivity contribution in [1.82, 2.24) is 0 Å². The van der Waals surface area contributed by atoms with Gasteiger partial charge < -0.3 is 13.9 Å². The third-order valence-corrected chi connectivity index (χ3v) is 4.06. The maximum Gasteiger partial charge on any atom is 0.344 e. The van der Waals surface area contributed by atoms with E-state index < -0.39 is 11.6 Å². The van der Waals surface area contributed by atoms with Gasteiger partial charge in [-0.2, -0.15) is 0 Å². The minimum atomic E-state index is -0.557. The number of halogens is 2. The molecule has 1 heterocycles. The Labute approximate surface area is 156 Å². The number of carbonyl (C=O) groups excluding carboxylic acids is 1. The van der Waals surface area contributed by atoms with Crippen LogP contribution in [-0.4, -0.2) is 12.6 Å². The van der Waals surface area contributed by atoms with Gasteiger partial charge in [0, 0.05) is 26.5 Å². The summed E-state index contributed by atoms with van der Waals surface area (Å²) in [6.45, 7) is -0.313. The summed E-state index contributed by atoms with van der Waals surface area (Å²) in [5, 5.41) is 1.21. The van der Waals surface area contributed by atoms with Gasteiger partial charge in [0.2, 0.25) is 0 Å². The van der Waals surface area contributed by atoms with Crippen molar-refractivity contribution < 1.29 is 18.7 Å². The molecule has 2 aromatic carbocycles. The van der Waals surface area contributed by atoms with Gasteiger partial charge >= 0.3 is 11.6 Å². The molecule has 0 saturated heterocycles. The van der Waals surface area contributed by atoms with Gasteiger partial charge in [-0.15, -0.1) is 0 Å². The van der Waals surface area contributed by atoms with Gasteiger partial charge in [-0.05, 0) is 36.4 Å². The summed E-state index contributed by atoms with van der Waals surface area (Å²) in [4.78, 5) is 23.5. The minimum absolute atomic E-state index is 0.0541. The molecule has 0 amide bonds. The SMILES string of the molecule is O=C(COc1cccc(Cl)c1)OCc1cc(=O)oc2cc(Br)ccc12. The molecule has 0 spiro atoms. The maximum absolute atomic E-state index is 11.9. The molecule has 3 aromatic rings. The third-order valence-electron chi connectivity index (χ3n) is 3.33. The van der Waals surface area contributed by atoms with E-state index in [1.807, 2.05) is 6.07 Å². The molecule has 1 aromatic heterocycles. The second-order valence-electron chi connectivity index (χ2n) is 5.14. The summed E-state index contributed by atoms with van der Waals surface area (Å²) >= 11 is 9.16. The van der Waals surface area contributed by atoms with Crippen molar-refractivity contribution >= 4 is 44.5 Å². The zero-order valence-corrected chi connectivity index (χ0v) is 15.2. The fourth-order valence-electron chi connectivity index (χ4n) is 2.22. The number of benzene rings is 2. The van der Waals surface area contributed by atoms with Crippen LogP contribution in [-0.2, 0) is 16.1 Å². The average molecular weight is 424 g/mol. The Morgan fingerprint density at radius 2 is 2.00 bits per heavy atom. The Kier molecular flexibility index (Phi) is 5.40. The van der Waals surface area contributed by atoms with Crippen LogP contribution in [0.5, 0.6) is 5.75 Å². The quantitative estimate of drug-likeness (QED) is 0.451. The lowest BCUT2D eigenvalue weighted by Gasteiger charge is -2.09. The smallest absolute Gasteiger partial charge is 0.344 e. The molecule has 0 N–H and O–H groups in total. The van der Waals surface area contributed by atoms with Crippen LogP contribution in [0.1, 0.15) is 5.56 Å². The van der Waals surface area contributed by atoms with E-state index in [2.05, 4.69) is 15.9 Å². The highest BCUT2D eigenvalue weighted by Gasteiger charge is 2.10. The summed E-state index contributed by atoms with van der Waals surface area (Å²) in [7, 11) is 0. The van der Waals surface area contributed by atoms with Gasteiger partial charge in [-0.3, -0.25) is 0 Å². The summed E-state index contributed by atoms with van der Waals surface area (Å²) < 4.78 is 16.4. The molecule has 3 rings (SSSR count). The molecule has 0 aliphatic carbocycles. The van der Waals surface area contributed by atoms with Crippen LogP contribution in [0.4, 0.5) is 0 Å². The number of esters is 1. The molecule has 0 saturated carbocycles. The van der Waals surface area contributed by atoms with E-state index in [0.29, 0.717) is 27.3 Å². The first kappa shape index (κ1) is 17.5. The van der Waals surface area contributed by atoms with E-state index >= 15 is 0 Å². The summed E-state index contributed by atoms with van der Waals surface area (Å²) in [6.07, 6.45) is 0. The Balaban J connectivity index is 1.66. The number of carbonyl (C=O) groups is 1. The fraction of sp³-hybridized carbons (Fsp3) is 0.111. The minimum Gasteiger partial charge on any atom is -0.482 e. The van der Waals surface area contributed by atoms with Gasteiger partial charge in [-0.1, -0.05) is 33.6 Å². The van der Waals surface area contributed by atoms with Crippen molar-refractivity contribution in [2.24, 2.45) is 0 Å². The van der Waals surface area contributed by atoms with E-state index in [1.54, 1.807) is 36.4 Å². The molecule has 25 heavy (non-hydrogen) atoms. The highest BCUT2D eigenvalue weighted by atomic mass is 79.9. The summed E-state index contributed by atoms with van der Waals surface area (Å²) in [6, 6.07) is 13.3. The van der Waals surface area contributed by atoms with Crippen LogP contribution in [0.2, 0.25) is 5.02 Å². The molecule has 0 fully saturated rings. The van der Waals surface area contributed by atoms with E-state index in [1.165, 1.54) is 6.07 Å². The molecule has 0 atom stereocenters. The maximum atomic E-state index is 11.9. The van der Waals surface area contributed by atoms with Gasteiger partial charge in [0.25, 0.3) is 0 Å². The number of hydrogen-bond acceptors (Lipinski definition) is 5. The number of rotatable bonds is 5. The second-order valence-corrected chi connectivity index (χ2v) is 6.49. The molecule has 0 aliphatic heterocycles. The first-order valence-corrected chi connectivity index (χ1v) is 8.44. The van der Waals surface area contributed by atoms with Gasteiger partial charge in [0.05, 0.1) is 0 Å². The first-order valence-electron chi connectivity index (χ1n) is 7.27. The van der Waals surface area contributed by atoms with Crippen molar-refractivity contribution in [3.8, 4) is 5.75 Å². The lowest BCUT2D eigenvalue weighted by molar-refractivity contribution is -0.147. The predicted octanol–water partition coefficient (Wildman–Crippen LogP) is 4.33. The highest BCUT2D eigenvalue weighted by Crippen LogP contribution is 2.22. The van der Waals surface area contributed by atoms with E-state index in [4.69, 9.17) is 25.5 Å². The Morgan fingerprint density at radius 1 is 1.16 bits per heavy atom. The van der Waals surface area contributed by atoms with Gasteiger partial charge in [-0.25, -0.2) is 9.59 Å². The van der Waals surface area contributed by atoms with Crippen LogP contribution < -0.4 is 10.4 Å². The first-order chi connectivity index (χ1) is 12.0. The average Bonchev–Trinajstić information content (AvgIpc) is 2.57. The largest absolute Gasteiger partial charge is 0.482 e. The molecule has 0 unspecified atom stereocenters. The second kappa shape index (κ2) is 7.72. The van der Waals surface area contributed by atoms with Crippen LogP contribution >= 0.6 is 27.5 Å². The zero-order chi connectivity index (χ0) is 17.8. The lowest BCUT2D eigenvalue weighted by atomic mass is 10.1. The summed E-state index contributed by atoms with van der Waals surface area (Å²) in [5.41, 5.74) is 0.477. The zero-order valence-electron chi connectivity index (χ0n) is 12.8. The lowest BCUT2D eigenvalue weighted by Crippen LogP contribution is -2.15. The fourth-order valence-corrected chi connectivity index (χ4v) is 2.74. The summed E-state index contributed by atoms with van der Waals surface area (Å²) in [5.74, 6) is -0.0846. The third kappa shape index (κ3) is 4.61. The number of fused-ring (bicyclic) bond motifs is 1.